The molecule has 5 rings (SSSR count). The van der Waals surface area contributed by atoms with Crippen molar-refractivity contribution in [2.45, 2.75) is 159 Å². The molecule has 0 saturated heterocycles. The van der Waals surface area contributed by atoms with Gasteiger partial charge in [0.1, 0.15) is 6.15 Å². The molecule has 0 aliphatic heterocycles. The maximum Gasteiger partial charge on any atom is 0.307 e. The monoisotopic (exact) mass is 1170 g/mol. The summed E-state index contributed by atoms with van der Waals surface area (Å²) in [6, 6.07) is 22.7. The molecule has 64 heavy (non-hydrogen) atoms. The molecule has 355 valence electrons. The molecule has 0 aliphatic rings. The first-order valence-electron chi connectivity index (χ1n) is 22.5. The molecule has 1 radical (unpaired) electrons. The minimum Gasteiger partial charge on any atom is -0.506 e. The first-order valence-corrected chi connectivity index (χ1v) is 40.8. The van der Waals surface area contributed by atoms with Gasteiger partial charge in [-0.2, -0.15) is 17.6 Å². The molecule has 1 unspecified atom stereocenters. The first kappa shape index (κ1) is 54.5. The molecule has 0 bridgehead atoms. The zero-order chi connectivity index (χ0) is 49.0. The van der Waals surface area contributed by atoms with E-state index in [9.17, 15) is 9.90 Å². The zero-order valence-corrected chi connectivity index (χ0v) is 49.1. The van der Waals surface area contributed by atoms with Crippen LogP contribution in [0.25, 0.3) is 42.2 Å². The van der Waals surface area contributed by atoms with Crippen LogP contribution >= 0.6 is 11.3 Å². The van der Waals surface area contributed by atoms with Crippen LogP contribution in [-0.4, -0.2) is 68.1 Å². The Labute approximate surface area is 403 Å². The first-order chi connectivity index (χ1) is 28.8. The number of alkyl halides is 5. The van der Waals surface area contributed by atoms with Gasteiger partial charge in [0, 0.05) is 76.8 Å². The molecule has 1 N–H and O–H groups in total. The Balaban J connectivity index is 0.000000348. The summed E-state index contributed by atoms with van der Waals surface area (Å²) in [5.74, 6) is -10.3. The number of rotatable bonds is 15. The van der Waals surface area contributed by atoms with Gasteiger partial charge in [-0.05, 0) is 23.8 Å². The molecule has 0 saturated carbocycles. The third-order valence-corrected chi connectivity index (χ3v) is 33.4. The van der Waals surface area contributed by atoms with Gasteiger partial charge in [0.15, 0.2) is 5.76 Å². The normalized spacial score (nSPS) is 15.1. The van der Waals surface area contributed by atoms with Gasteiger partial charge in [-0.3, -0.25) is 9.78 Å². The number of aromatic nitrogens is 1. The van der Waals surface area contributed by atoms with Gasteiger partial charge in [0.2, 0.25) is 5.78 Å². The predicted molar refractivity (Wildman–Crippen MR) is 276 cm³/mol. The van der Waals surface area contributed by atoms with Crippen LogP contribution in [0.3, 0.4) is 0 Å². The number of hydrogen-bond donors (Lipinski definition) is 1. The largest absolute Gasteiger partial charge is 0.506 e. The van der Waals surface area contributed by atoms with Gasteiger partial charge >= 0.3 is 11.8 Å². The van der Waals surface area contributed by atoms with E-state index in [0.717, 1.165) is 42.9 Å². The van der Waals surface area contributed by atoms with Crippen molar-refractivity contribution in [3.8, 4) is 11.3 Å². The molecule has 15 heteroatoms. The van der Waals surface area contributed by atoms with Crippen molar-refractivity contribution < 1.29 is 53.3 Å². The van der Waals surface area contributed by atoms with Crippen molar-refractivity contribution in [3.05, 3.63) is 89.8 Å². The number of halogens is 5. The minimum atomic E-state index is -3.77. The van der Waals surface area contributed by atoms with Crippen molar-refractivity contribution in [2.24, 2.45) is 0 Å². The number of hydrogen-bond acceptors (Lipinski definition) is 4. The number of benzene rings is 3. The van der Waals surface area contributed by atoms with Crippen LogP contribution in [0.2, 0.25) is 115 Å². The molecule has 0 amide bonds. The number of carbonyl (C=O) groups is 1. The molecule has 3 nitrogen and oxygen atoms in total. The van der Waals surface area contributed by atoms with Crippen molar-refractivity contribution in [2.75, 3.05) is 0 Å². The predicted octanol–water partition coefficient (Wildman–Crippen LogP) is 17.4. The summed E-state index contributed by atoms with van der Waals surface area (Å²) in [6.07, 6.45) is 0.0925. The van der Waals surface area contributed by atoms with Crippen molar-refractivity contribution >= 4 is 88.4 Å². The molecule has 5 aromatic rings. The average molecular weight is 1170 g/mol. The van der Waals surface area contributed by atoms with Crippen LogP contribution in [0.4, 0.5) is 22.0 Å². The van der Waals surface area contributed by atoms with Crippen LogP contribution in [0.1, 0.15) is 44.8 Å². The van der Waals surface area contributed by atoms with Crippen molar-refractivity contribution in [1.82, 2.24) is 4.98 Å². The van der Waals surface area contributed by atoms with Gasteiger partial charge in [0.25, 0.3) is 0 Å². The van der Waals surface area contributed by atoms with E-state index in [1.807, 2.05) is 30.5 Å². The smallest absolute Gasteiger partial charge is 0.307 e. The number of aliphatic hydroxyl groups is 1. The van der Waals surface area contributed by atoms with Gasteiger partial charge < -0.3 is 5.11 Å². The molecule has 0 spiro atoms. The van der Waals surface area contributed by atoms with Crippen LogP contribution < -0.4 is 0 Å². The summed E-state index contributed by atoms with van der Waals surface area (Å²) in [6.45, 7) is 32.4. The number of carbonyl (C=O) groups excluding carboxylic acids is 1. The van der Waals surface area contributed by atoms with Gasteiger partial charge in [0.05, 0.1) is 33.7 Å². The van der Waals surface area contributed by atoms with Crippen LogP contribution in [0.15, 0.2) is 72.6 Å². The van der Waals surface area contributed by atoms with Crippen molar-refractivity contribution in [3.63, 3.8) is 0 Å². The Morgan fingerprint density at radius 3 is 1.77 bits per heavy atom. The molecule has 3 aromatic carbocycles. The fourth-order valence-corrected chi connectivity index (χ4v) is 38.0. The topological polar surface area (TPSA) is 50.2 Å². The summed E-state index contributed by atoms with van der Waals surface area (Å²) < 4.78 is 87.3. The summed E-state index contributed by atoms with van der Waals surface area (Å²) in [5.41, 5.74) is 3.59. The minimum absolute atomic E-state index is 0. The number of thiophene rings is 1. The summed E-state index contributed by atoms with van der Waals surface area (Å²) in [7, 11) is -11.4. The van der Waals surface area contributed by atoms with Crippen molar-refractivity contribution in [1.29, 1.82) is 0 Å². The second-order valence-electron chi connectivity index (χ2n) is 23.1. The van der Waals surface area contributed by atoms with E-state index < -0.39 is 80.2 Å². The summed E-state index contributed by atoms with van der Waals surface area (Å²) in [5, 5.41) is 12.4. The Morgan fingerprint density at radius 1 is 0.750 bits per heavy atom. The number of aliphatic hydroxyl groups excluding tert-OH is 1. The Kier molecular flexibility index (Phi) is 17.2. The quantitative estimate of drug-likeness (QED) is 0.0374. The van der Waals surface area contributed by atoms with Gasteiger partial charge in [-0.1, -0.05) is 165 Å². The fourth-order valence-electron chi connectivity index (χ4n) is 9.99. The number of allylic oxidation sites excluding steroid dienone is 2. The molecule has 2 heterocycles. The van der Waals surface area contributed by atoms with E-state index in [2.05, 4.69) is 63.8 Å². The van der Waals surface area contributed by atoms with E-state index in [1.54, 1.807) is 96.0 Å². The zero-order valence-electron chi connectivity index (χ0n) is 41.9. The molecule has 2 aromatic heterocycles. The number of pyridine rings is 1. The SMILES string of the molecule is C[Si](C)(C)C(C(F)(F)C(=O)/C=C(\O)C(F)(F)C([Si](C)(C)C)[Si](C)(C)C)[Si](C)(C)C.[2H]C(F)(CC[Si](C)(C)C)c1cccc2c1sc1c(-c3[c-]c4ccccc4c(C(C)C)c3)nccc12.[Ir]. The average Bonchev–Trinajstić information content (AvgIpc) is 3.49. The third kappa shape index (κ3) is 12.9. The van der Waals surface area contributed by atoms with Crippen LogP contribution in [0, 0.1) is 6.07 Å². The second kappa shape index (κ2) is 20.2. The summed E-state index contributed by atoms with van der Waals surface area (Å²) >= 11 is 1.56. The standard InChI is InChI=1S/C30H31FNSSi.C19H40F4O2Si4.Ir/c1-19(2)26-18-21(17-20-9-6-7-10-22(20)26)28-30-24(13-15-32-28)23-11-8-12-25(29(23)33-30)27(31)14-16-34(3,4)5;1-26(2,3)16(27(4,5)6)18(20,21)14(24)13-15(25)19(22,23)17(28(7,8)9)29(10,11)12;/h6-13,15,18-19,27H,14,16H2,1-5H3;13,16-17,24H,1-12H3;/q-1;;/b;14-13-;/i27D;;. The molecular formula is C49H71F5IrNO2SSi5-. The number of ketones is 1. The van der Waals surface area contributed by atoms with Crippen LogP contribution in [-0.2, 0) is 24.9 Å². The maximum absolute atomic E-state index is 15.8. The van der Waals surface area contributed by atoms with Crippen LogP contribution in [0.5, 0.6) is 0 Å². The van der Waals surface area contributed by atoms with E-state index in [-0.39, 0.29) is 32.6 Å². The second-order valence-corrected chi connectivity index (χ2v) is 52.1. The number of fused-ring (bicyclic) bond motifs is 4. The van der Waals surface area contributed by atoms with E-state index in [4.69, 9.17) is 6.35 Å². The molecular weight excluding hydrogens is 1090 g/mol. The molecule has 1 atom stereocenters. The molecule has 0 fully saturated rings. The van der Waals surface area contributed by atoms with E-state index in [1.165, 1.54) is 10.9 Å². The Bertz CT molecular complexity index is 2490. The number of nitrogens with zero attached hydrogens (tertiary/aromatic N) is 1. The molecule has 0 aliphatic carbocycles. The maximum atomic E-state index is 15.8. The van der Waals surface area contributed by atoms with E-state index >= 15 is 22.0 Å². The van der Waals surface area contributed by atoms with Gasteiger partial charge in [-0.15, -0.1) is 40.5 Å². The Morgan fingerprint density at radius 2 is 1.25 bits per heavy atom. The van der Waals surface area contributed by atoms with Gasteiger partial charge in [-0.25, -0.2) is 4.39 Å². The summed E-state index contributed by atoms with van der Waals surface area (Å²) in [4.78, 5) is 17.3. The fraction of sp³-hybridized carbons (Fsp3) is 0.510. The van der Waals surface area contributed by atoms with E-state index in [0.29, 0.717) is 11.5 Å². The Hall–Kier alpha value is -2.12. The third-order valence-electron chi connectivity index (χ3n) is 11.6.